The van der Waals surface area contributed by atoms with E-state index in [4.69, 9.17) is 4.42 Å². The molecule has 0 bridgehead atoms. The SMILES string of the molecule is CN(C)C(=O)c1cc2cc(Nc3nccc(-c4cn(C)cn4)n3)cc(SCc3ccco3)c2[nH]1. The van der Waals surface area contributed by atoms with Crippen molar-refractivity contribution in [3.63, 3.8) is 0 Å². The molecule has 0 saturated heterocycles. The summed E-state index contributed by atoms with van der Waals surface area (Å²) in [6, 6.07) is 11.5. The molecule has 0 unspecified atom stereocenters. The first kappa shape index (κ1) is 21.8. The largest absolute Gasteiger partial charge is 0.468 e. The Morgan fingerprint density at radius 3 is 2.82 bits per heavy atom. The summed E-state index contributed by atoms with van der Waals surface area (Å²) in [5.74, 6) is 1.91. The number of amides is 1. The molecule has 0 atom stereocenters. The molecular formula is C24H23N7O2S. The van der Waals surface area contributed by atoms with Crippen molar-refractivity contribution in [2.75, 3.05) is 19.4 Å². The van der Waals surface area contributed by atoms with Gasteiger partial charge in [-0.15, -0.1) is 11.8 Å². The second-order valence-electron chi connectivity index (χ2n) is 8.00. The lowest BCUT2D eigenvalue weighted by Gasteiger charge is -2.09. The lowest BCUT2D eigenvalue weighted by Crippen LogP contribution is -2.21. The van der Waals surface area contributed by atoms with Crippen molar-refractivity contribution in [3.05, 3.63) is 72.8 Å². The van der Waals surface area contributed by atoms with Gasteiger partial charge in [0.1, 0.15) is 17.1 Å². The summed E-state index contributed by atoms with van der Waals surface area (Å²) in [4.78, 5) is 31.7. The maximum absolute atomic E-state index is 12.5. The summed E-state index contributed by atoms with van der Waals surface area (Å²) >= 11 is 1.63. The van der Waals surface area contributed by atoms with Crippen LogP contribution >= 0.6 is 11.8 Å². The minimum atomic E-state index is -0.0842. The van der Waals surface area contributed by atoms with E-state index < -0.39 is 0 Å². The number of rotatable bonds is 7. The van der Waals surface area contributed by atoms with E-state index in [0.29, 0.717) is 17.4 Å². The van der Waals surface area contributed by atoms with Crippen LogP contribution in [0.5, 0.6) is 0 Å². The summed E-state index contributed by atoms with van der Waals surface area (Å²) in [7, 11) is 5.39. The molecule has 1 amide bonds. The number of benzene rings is 1. The number of hydrogen-bond acceptors (Lipinski definition) is 7. The van der Waals surface area contributed by atoms with Gasteiger partial charge in [0.2, 0.25) is 5.95 Å². The zero-order valence-electron chi connectivity index (χ0n) is 18.9. The molecule has 9 nitrogen and oxygen atoms in total. The number of thioether (sulfide) groups is 1. The molecule has 2 N–H and O–H groups in total. The Morgan fingerprint density at radius 1 is 1.21 bits per heavy atom. The molecule has 5 aromatic rings. The number of nitrogens with zero attached hydrogens (tertiary/aromatic N) is 5. The number of imidazole rings is 1. The quantitative estimate of drug-likeness (QED) is 0.330. The first-order valence-electron chi connectivity index (χ1n) is 10.6. The predicted octanol–water partition coefficient (Wildman–Crippen LogP) is 4.69. The van der Waals surface area contributed by atoms with E-state index in [0.717, 1.165) is 38.6 Å². The molecule has 0 saturated carbocycles. The van der Waals surface area contributed by atoms with Gasteiger partial charge in [-0.3, -0.25) is 4.79 Å². The first-order valence-corrected chi connectivity index (χ1v) is 11.6. The van der Waals surface area contributed by atoms with Crippen molar-refractivity contribution in [2.45, 2.75) is 10.6 Å². The Labute approximate surface area is 200 Å². The van der Waals surface area contributed by atoms with Crippen LogP contribution in [-0.4, -0.2) is 49.4 Å². The zero-order chi connectivity index (χ0) is 23.7. The fourth-order valence-corrected chi connectivity index (χ4v) is 4.52. The Morgan fingerprint density at radius 2 is 2.09 bits per heavy atom. The number of furan rings is 1. The van der Waals surface area contributed by atoms with E-state index >= 15 is 0 Å². The van der Waals surface area contributed by atoms with Gasteiger partial charge in [0.05, 0.1) is 29.6 Å². The number of carbonyl (C=O) groups is 1. The van der Waals surface area contributed by atoms with Crippen molar-refractivity contribution in [1.29, 1.82) is 0 Å². The smallest absolute Gasteiger partial charge is 0.269 e. The molecule has 0 radical (unpaired) electrons. The van der Waals surface area contributed by atoms with Crippen LogP contribution in [0, 0.1) is 0 Å². The van der Waals surface area contributed by atoms with Crippen LogP contribution in [0.25, 0.3) is 22.3 Å². The molecule has 4 heterocycles. The van der Waals surface area contributed by atoms with Crippen LogP contribution in [0.15, 0.2) is 70.7 Å². The van der Waals surface area contributed by atoms with Gasteiger partial charge in [-0.25, -0.2) is 15.0 Å². The number of anilines is 2. The maximum atomic E-state index is 12.5. The van der Waals surface area contributed by atoms with E-state index in [1.165, 1.54) is 0 Å². The number of aromatic nitrogens is 5. The topological polar surface area (TPSA) is 105 Å². The van der Waals surface area contributed by atoms with Gasteiger partial charge in [0.15, 0.2) is 0 Å². The number of fused-ring (bicyclic) bond motifs is 1. The zero-order valence-corrected chi connectivity index (χ0v) is 19.8. The van der Waals surface area contributed by atoms with E-state index in [1.807, 2.05) is 54.2 Å². The second kappa shape index (κ2) is 9.06. The van der Waals surface area contributed by atoms with Gasteiger partial charge < -0.3 is 24.2 Å². The third-order valence-corrected chi connectivity index (χ3v) is 6.22. The van der Waals surface area contributed by atoms with E-state index in [1.54, 1.807) is 49.5 Å². The highest BCUT2D eigenvalue weighted by atomic mass is 32.2. The van der Waals surface area contributed by atoms with Gasteiger partial charge in [0, 0.05) is 49.5 Å². The van der Waals surface area contributed by atoms with Crippen LogP contribution in [0.3, 0.4) is 0 Å². The van der Waals surface area contributed by atoms with Crippen molar-refractivity contribution in [3.8, 4) is 11.4 Å². The molecule has 172 valence electrons. The monoisotopic (exact) mass is 473 g/mol. The van der Waals surface area contributed by atoms with Crippen molar-refractivity contribution >= 4 is 40.2 Å². The maximum Gasteiger partial charge on any atom is 0.269 e. The summed E-state index contributed by atoms with van der Waals surface area (Å²) in [5, 5.41) is 4.22. The minimum absolute atomic E-state index is 0.0842. The molecule has 0 spiro atoms. The molecule has 1 aromatic carbocycles. The van der Waals surface area contributed by atoms with Gasteiger partial charge in [0.25, 0.3) is 5.91 Å². The Bertz CT molecular complexity index is 1450. The summed E-state index contributed by atoms with van der Waals surface area (Å²) in [5.41, 5.74) is 3.75. The molecule has 34 heavy (non-hydrogen) atoms. The van der Waals surface area contributed by atoms with Crippen LogP contribution in [0.1, 0.15) is 16.2 Å². The molecule has 10 heteroatoms. The lowest BCUT2D eigenvalue weighted by atomic mass is 10.2. The predicted molar refractivity (Wildman–Crippen MR) is 132 cm³/mol. The fraction of sp³-hybridized carbons (Fsp3) is 0.167. The molecule has 0 aliphatic carbocycles. The van der Waals surface area contributed by atoms with Crippen LogP contribution < -0.4 is 5.32 Å². The molecule has 0 aliphatic rings. The standard InChI is InChI=1S/C24H23N7O2S/c1-30(2)23(32)19-10-15-9-16(11-21(22(15)28-19)34-13-17-5-4-8-33-17)27-24-25-7-6-18(29-24)20-12-31(3)14-26-20/h4-12,14,28H,13H2,1-3H3,(H,25,27,29). The molecular weight excluding hydrogens is 450 g/mol. The van der Waals surface area contributed by atoms with Crippen LogP contribution in [-0.2, 0) is 12.8 Å². The van der Waals surface area contributed by atoms with E-state index in [-0.39, 0.29) is 5.91 Å². The highest BCUT2D eigenvalue weighted by Gasteiger charge is 2.16. The third-order valence-electron chi connectivity index (χ3n) is 5.16. The van der Waals surface area contributed by atoms with Crippen LogP contribution in [0.2, 0.25) is 0 Å². The average Bonchev–Trinajstić information content (AvgIpc) is 3.58. The first-order chi connectivity index (χ1) is 16.5. The normalized spacial score (nSPS) is 11.1. The number of hydrogen-bond donors (Lipinski definition) is 2. The van der Waals surface area contributed by atoms with Gasteiger partial charge >= 0.3 is 0 Å². The highest BCUT2D eigenvalue weighted by Crippen LogP contribution is 2.34. The van der Waals surface area contributed by atoms with Crippen molar-refractivity contribution < 1.29 is 9.21 Å². The average molecular weight is 474 g/mol. The highest BCUT2D eigenvalue weighted by molar-refractivity contribution is 7.98. The Kier molecular flexibility index (Phi) is 5.81. The lowest BCUT2D eigenvalue weighted by molar-refractivity contribution is 0.0823. The van der Waals surface area contributed by atoms with Gasteiger partial charge in [-0.05, 0) is 36.4 Å². The number of H-pyrrole nitrogens is 1. The summed E-state index contributed by atoms with van der Waals surface area (Å²) in [6.07, 6.45) is 7.01. The Hall–Kier alpha value is -4.05. The van der Waals surface area contributed by atoms with Gasteiger partial charge in [-0.2, -0.15) is 0 Å². The number of nitrogens with one attached hydrogen (secondary N) is 2. The fourth-order valence-electron chi connectivity index (χ4n) is 3.53. The van der Waals surface area contributed by atoms with Gasteiger partial charge in [-0.1, -0.05) is 0 Å². The van der Waals surface area contributed by atoms with E-state index in [9.17, 15) is 4.79 Å². The Balaban J connectivity index is 1.49. The minimum Gasteiger partial charge on any atom is -0.468 e. The molecule has 0 aliphatic heterocycles. The number of aryl methyl sites for hydroxylation is 1. The molecule has 4 aromatic heterocycles. The van der Waals surface area contributed by atoms with Crippen molar-refractivity contribution in [1.82, 2.24) is 29.4 Å². The molecule has 5 rings (SSSR count). The van der Waals surface area contributed by atoms with Crippen LogP contribution in [0.4, 0.5) is 11.6 Å². The molecule has 0 fully saturated rings. The summed E-state index contributed by atoms with van der Waals surface area (Å²) < 4.78 is 7.36. The number of carbonyl (C=O) groups excluding carboxylic acids is 1. The summed E-state index contributed by atoms with van der Waals surface area (Å²) in [6.45, 7) is 0. The third kappa shape index (κ3) is 4.53. The van der Waals surface area contributed by atoms with Crippen molar-refractivity contribution in [2.24, 2.45) is 7.05 Å². The second-order valence-corrected chi connectivity index (χ2v) is 9.02. The van der Waals surface area contributed by atoms with E-state index in [2.05, 4.69) is 25.3 Å². The number of aromatic amines is 1.